The number of hydrogen-bond acceptors (Lipinski definition) is 2. The maximum absolute atomic E-state index is 8.70. The summed E-state index contributed by atoms with van der Waals surface area (Å²) >= 11 is 0. The van der Waals surface area contributed by atoms with Crippen molar-refractivity contribution in [1.29, 1.82) is 5.26 Å². The first kappa shape index (κ1) is 7.12. The Morgan fingerprint density at radius 2 is 2.09 bits per heavy atom. The first-order valence-corrected chi connectivity index (χ1v) is 4.56. The van der Waals surface area contributed by atoms with Gasteiger partial charge in [-0.2, -0.15) is 5.26 Å². The first-order chi connectivity index (χ1) is 5.40. The second-order valence-electron chi connectivity index (χ2n) is 3.74. The van der Waals surface area contributed by atoms with Gasteiger partial charge >= 0.3 is 0 Å². The summed E-state index contributed by atoms with van der Waals surface area (Å²) in [6.07, 6.45) is 6.47. The van der Waals surface area contributed by atoms with Crippen LogP contribution in [0.3, 0.4) is 0 Å². The van der Waals surface area contributed by atoms with Crippen LogP contribution in [0.4, 0.5) is 0 Å². The van der Waals surface area contributed by atoms with E-state index in [0.717, 1.165) is 12.3 Å². The Balaban J connectivity index is 1.99. The molecule has 0 spiro atoms. The molecule has 60 valence electrons. The average Bonchev–Trinajstić information content (AvgIpc) is 2.46. The molecule has 11 heavy (non-hydrogen) atoms. The normalized spacial score (nSPS) is 43.0. The third kappa shape index (κ3) is 1.25. The smallest absolute Gasteiger partial charge is 0.0958 e. The fourth-order valence-electron chi connectivity index (χ4n) is 2.43. The van der Waals surface area contributed by atoms with Gasteiger partial charge in [-0.3, -0.25) is 5.32 Å². The van der Waals surface area contributed by atoms with Crippen LogP contribution in [0.1, 0.15) is 32.1 Å². The van der Waals surface area contributed by atoms with Gasteiger partial charge in [-0.05, 0) is 25.2 Å². The van der Waals surface area contributed by atoms with E-state index in [1.807, 2.05) is 0 Å². The molecule has 1 aliphatic carbocycles. The lowest BCUT2D eigenvalue weighted by Gasteiger charge is -2.23. The molecule has 1 N–H and O–H groups in total. The van der Waals surface area contributed by atoms with Crippen LogP contribution in [-0.4, -0.2) is 12.1 Å². The van der Waals surface area contributed by atoms with Crippen molar-refractivity contribution in [1.82, 2.24) is 5.32 Å². The van der Waals surface area contributed by atoms with Gasteiger partial charge in [0.25, 0.3) is 0 Å². The van der Waals surface area contributed by atoms with Gasteiger partial charge in [0.15, 0.2) is 0 Å². The number of hydrogen-bond donors (Lipinski definition) is 1. The lowest BCUT2D eigenvalue weighted by Crippen LogP contribution is -2.32. The van der Waals surface area contributed by atoms with E-state index in [0.29, 0.717) is 6.04 Å². The Labute approximate surface area is 67.6 Å². The molecular formula is C9H14N2. The highest BCUT2D eigenvalue weighted by Crippen LogP contribution is 2.32. The van der Waals surface area contributed by atoms with Crippen LogP contribution >= 0.6 is 0 Å². The summed E-state index contributed by atoms with van der Waals surface area (Å²) in [6.45, 7) is 0. The molecule has 0 aromatic rings. The minimum atomic E-state index is 0.156. The molecule has 0 radical (unpaired) electrons. The van der Waals surface area contributed by atoms with E-state index < -0.39 is 0 Å². The van der Waals surface area contributed by atoms with Crippen LogP contribution < -0.4 is 5.32 Å². The molecule has 0 aromatic heterocycles. The lowest BCUT2D eigenvalue weighted by molar-refractivity contribution is 0.326. The van der Waals surface area contributed by atoms with Crippen LogP contribution in [-0.2, 0) is 0 Å². The van der Waals surface area contributed by atoms with Crippen molar-refractivity contribution in [3.63, 3.8) is 0 Å². The molecule has 2 heteroatoms. The Bertz CT molecular complexity index is 168. The molecule has 3 atom stereocenters. The SMILES string of the molecule is N#C[C@@H]1C[C@@H]2CCCC[C@@H]2N1. The van der Waals surface area contributed by atoms with E-state index in [2.05, 4.69) is 11.4 Å². The van der Waals surface area contributed by atoms with Crippen LogP contribution in [0.2, 0.25) is 0 Å². The number of nitrogens with zero attached hydrogens (tertiary/aromatic N) is 1. The third-order valence-corrected chi connectivity index (χ3v) is 3.02. The second-order valence-corrected chi connectivity index (χ2v) is 3.74. The van der Waals surface area contributed by atoms with Gasteiger partial charge in [0.05, 0.1) is 12.1 Å². The van der Waals surface area contributed by atoms with E-state index >= 15 is 0 Å². The van der Waals surface area contributed by atoms with Gasteiger partial charge < -0.3 is 0 Å². The van der Waals surface area contributed by atoms with E-state index in [9.17, 15) is 0 Å². The van der Waals surface area contributed by atoms with Gasteiger partial charge in [-0.25, -0.2) is 0 Å². The van der Waals surface area contributed by atoms with Crippen LogP contribution in [0.25, 0.3) is 0 Å². The molecule has 2 aliphatic rings. The van der Waals surface area contributed by atoms with Crippen molar-refractivity contribution >= 4 is 0 Å². The average molecular weight is 150 g/mol. The van der Waals surface area contributed by atoms with Gasteiger partial charge in [0.1, 0.15) is 0 Å². The summed E-state index contributed by atoms with van der Waals surface area (Å²) in [5.41, 5.74) is 0. The molecule has 1 saturated heterocycles. The standard InChI is InChI=1S/C9H14N2/c10-6-8-5-7-3-1-2-4-9(7)11-8/h7-9,11H,1-5H2/t7-,8-,9-/m0/s1. The molecule has 2 rings (SSSR count). The minimum Gasteiger partial charge on any atom is -0.299 e. The Hall–Kier alpha value is -0.550. The lowest BCUT2D eigenvalue weighted by atomic mass is 9.85. The molecule has 0 amide bonds. The topological polar surface area (TPSA) is 35.8 Å². The van der Waals surface area contributed by atoms with Crippen molar-refractivity contribution in [2.24, 2.45) is 5.92 Å². The fourth-order valence-corrected chi connectivity index (χ4v) is 2.43. The monoisotopic (exact) mass is 150 g/mol. The Morgan fingerprint density at radius 1 is 1.27 bits per heavy atom. The number of nitrogens with one attached hydrogen (secondary N) is 1. The van der Waals surface area contributed by atoms with Gasteiger partial charge in [0, 0.05) is 6.04 Å². The third-order valence-electron chi connectivity index (χ3n) is 3.02. The first-order valence-electron chi connectivity index (χ1n) is 4.56. The summed E-state index contributed by atoms with van der Waals surface area (Å²) < 4.78 is 0. The predicted octanol–water partition coefficient (Wildman–Crippen LogP) is 1.43. The number of fused-ring (bicyclic) bond motifs is 1. The minimum absolute atomic E-state index is 0.156. The number of nitriles is 1. The zero-order valence-electron chi connectivity index (χ0n) is 6.71. The highest BCUT2D eigenvalue weighted by molar-refractivity contribution is 5.02. The van der Waals surface area contributed by atoms with Crippen molar-refractivity contribution in [2.45, 2.75) is 44.2 Å². The van der Waals surface area contributed by atoms with E-state index in [1.54, 1.807) is 0 Å². The summed E-state index contributed by atoms with van der Waals surface area (Å²) in [5, 5.41) is 12.1. The molecule has 0 unspecified atom stereocenters. The Morgan fingerprint density at radius 3 is 2.82 bits per heavy atom. The van der Waals surface area contributed by atoms with Crippen molar-refractivity contribution < 1.29 is 0 Å². The van der Waals surface area contributed by atoms with Crippen LogP contribution in [0.5, 0.6) is 0 Å². The highest BCUT2D eigenvalue weighted by Gasteiger charge is 2.34. The molecule has 2 nitrogen and oxygen atoms in total. The van der Waals surface area contributed by atoms with Crippen LogP contribution in [0, 0.1) is 17.2 Å². The molecule has 1 aliphatic heterocycles. The molecule has 1 heterocycles. The fraction of sp³-hybridized carbons (Fsp3) is 0.889. The largest absolute Gasteiger partial charge is 0.299 e. The highest BCUT2D eigenvalue weighted by atomic mass is 15.0. The quantitative estimate of drug-likeness (QED) is 0.567. The second kappa shape index (κ2) is 2.83. The van der Waals surface area contributed by atoms with Crippen LogP contribution in [0.15, 0.2) is 0 Å². The van der Waals surface area contributed by atoms with E-state index in [1.165, 1.54) is 25.7 Å². The van der Waals surface area contributed by atoms with E-state index in [-0.39, 0.29) is 6.04 Å². The molecule has 0 bridgehead atoms. The molecule has 0 aromatic carbocycles. The molecule has 2 fully saturated rings. The summed E-state index contributed by atoms with van der Waals surface area (Å²) in [5.74, 6) is 0.813. The summed E-state index contributed by atoms with van der Waals surface area (Å²) in [7, 11) is 0. The summed E-state index contributed by atoms with van der Waals surface area (Å²) in [6, 6.07) is 3.14. The zero-order valence-corrected chi connectivity index (χ0v) is 6.71. The molecule has 1 saturated carbocycles. The van der Waals surface area contributed by atoms with Crippen molar-refractivity contribution in [3.05, 3.63) is 0 Å². The maximum atomic E-state index is 8.70. The van der Waals surface area contributed by atoms with Gasteiger partial charge in [-0.15, -0.1) is 0 Å². The number of rotatable bonds is 0. The Kier molecular flexibility index (Phi) is 1.83. The van der Waals surface area contributed by atoms with Gasteiger partial charge in [-0.1, -0.05) is 12.8 Å². The van der Waals surface area contributed by atoms with E-state index in [4.69, 9.17) is 5.26 Å². The predicted molar refractivity (Wildman–Crippen MR) is 42.9 cm³/mol. The molecular weight excluding hydrogens is 136 g/mol. The van der Waals surface area contributed by atoms with Crippen molar-refractivity contribution in [3.8, 4) is 6.07 Å². The maximum Gasteiger partial charge on any atom is 0.0958 e. The van der Waals surface area contributed by atoms with Crippen molar-refractivity contribution in [2.75, 3.05) is 0 Å². The summed E-state index contributed by atoms with van der Waals surface area (Å²) in [4.78, 5) is 0. The zero-order chi connectivity index (χ0) is 7.68. The van der Waals surface area contributed by atoms with Gasteiger partial charge in [0.2, 0.25) is 0 Å².